The number of hydrogen-bond acceptors (Lipinski definition) is 4. The number of hydrogen-bond donors (Lipinski definition) is 1. The molecule has 2 rings (SSSR count). The maximum absolute atomic E-state index is 13.5. The minimum Gasteiger partial charge on any atom is -0.478 e. The molecule has 1 saturated carbocycles. The summed E-state index contributed by atoms with van der Waals surface area (Å²) in [4.78, 5) is 10.1. The number of carboxylic acid groups (broad SMARTS) is 1. The van der Waals surface area contributed by atoms with Gasteiger partial charge in [-0.1, -0.05) is 0 Å². The van der Waals surface area contributed by atoms with Gasteiger partial charge in [0.1, 0.15) is 10.7 Å². The van der Waals surface area contributed by atoms with Gasteiger partial charge in [0, 0.05) is 0 Å². The van der Waals surface area contributed by atoms with Crippen LogP contribution in [0.4, 0.5) is 4.39 Å². The molecule has 5 nitrogen and oxygen atoms in total. The first kappa shape index (κ1) is 14.0. The first-order valence-electron chi connectivity index (χ1n) is 5.73. The third kappa shape index (κ3) is 3.51. The molecule has 0 aliphatic heterocycles. The fourth-order valence-electron chi connectivity index (χ4n) is 1.55. The van der Waals surface area contributed by atoms with Gasteiger partial charge < -0.3 is 9.84 Å². The summed E-state index contributed by atoms with van der Waals surface area (Å²) in [6.07, 6.45) is 2.03. The van der Waals surface area contributed by atoms with E-state index in [9.17, 15) is 17.6 Å². The lowest BCUT2D eigenvalue weighted by Crippen LogP contribution is -2.14. The summed E-state index contributed by atoms with van der Waals surface area (Å²) < 4.78 is 42.3. The molecule has 1 N–H and O–H groups in total. The van der Waals surface area contributed by atoms with Crippen LogP contribution in [0.2, 0.25) is 0 Å². The summed E-state index contributed by atoms with van der Waals surface area (Å²) in [5.41, 5.74) is -0.276. The number of halogens is 1. The Labute approximate surface area is 109 Å². The highest BCUT2D eigenvalue weighted by molar-refractivity contribution is 7.91. The predicted molar refractivity (Wildman–Crippen MR) is 64.1 cm³/mol. The highest BCUT2D eigenvalue weighted by Gasteiger charge is 2.25. The summed E-state index contributed by atoms with van der Waals surface area (Å²) in [6, 6.07) is 2.66. The van der Waals surface area contributed by atoms with Crippen molar-refractivity contribution in [2.75, 3.05) is 12.5 Å². The summed E-state index contributed by atoms with van der Waals surface area (Å²) in [5, 5.41) is 8.77. The van der Waals surface area contributed by atoms with Crippen LogP contribution < -0.4 is 0 Å². The Kier molecular flexibility index (Phi) is 3.86. The quantitative estimate of drug-likeness (QED) is 0.861. The van der Waals surface area contributed by atoms with Gasteiger partial charge in [0.15, 0.2) is 5.94 Å². The van der Waals surface area contributed by atoms with Gasteiger partial charge in [0.25, 0.3) is 0 Å². The molecule has 0 unspecified atom stereocenters. The van der Waals surface area contributed by atoms with Gasteiger partial charge in [0.05, 0.1) is 12.2 Å². The molecule has 0 heterocycles. The molecule has 19 heavy (non-hydrogen) atoms. The van der Waals surface area contributed by atoms with Crippen LogP contribution in [-0.4, -0.2) is 32.0 Å². The van der Waals surface area contributed by atoms with E-state index in [0.717, 1.165) is 31.0 Å². The predicted octanol–water partition coefficient (Wildman–Crippen LogP) is 1.68. The number of sulfone groups is 1. The maximum atomic E-state index is 13.5. The van der Waals surface area contributed by atoms with Crippen LogP contribution in [0.3, 0.4) is 0 Å². The molecule has 0 saturated heterocycles. The van der Waals surface area contributed by atoms with Crippen molar-refractivity contribution in [3.63, 3.8) is 0 Å². The Morgan fingerprint density at radius 3 is 2.68 bits per heavy atom. The maximum Gasteiger partial charge on any atom is 0.335 e. The Balaban J connectivity index is 2.17. The number of ether oxygens (including phenoxy) is 1. The van der Waals surface area contributed by atoms with E-state index in [2.05, 4.69) is 0 Å². The molecule has 1 aliphatic carbocycles. The van der Waals surface area contributed by atoms with Crippen molar-refractivity contribution in [2.45, 2.75) is 17.7 Å². The summed E-state index contributed by atoms with van der Waals surface area (Å²) >= 11 is 0. The molecule has 0 bridgehead atoms. The fourth-order valence-corrected chi connectivity index (χ4v) is 2.66. The third-order valence-corrected chi connectivity index (χ3v) is 4.26. The van der Waals surface area contributed by atoms with Crippen LogP contribution in [0.5, 0.6) is 0 Å². The summed E-state index contributed by atoms with van der Waals surface area (Å²) in [7, 11) is -3.98. The zero-order valence-electron chi connectivity index (χ0n) is 10.0. The topological polar surface area (TPSA) is 80.7 Å². The number of aromatic carboxylic acids is 1. The van der Waals surface area contributed by atoms with E-state index < -0.39 is 32.5 Å². The largest absolute Gasteiger partial charge is 0.478 e. The average Bonchev–Trinajstić information content (AvgIpc) is 3.12. The Bertz CT molecular complexity index is 592. The Morgan fingerprint density at radius 1 is 1.42 bits per heavy atom. The van der Waals surface area contributed by atoms with Crippen molar-refractivity contribution in [1.82, 2.24) is 0 Å². The molecule has 104 valence electrons. The lowest BCUT2D eigenvalue weighted by atomic mass is 10.2. The second-order valence-electron chi connectivity index (χ2n) is 4.50. The van der Waals surface area contributed by atoms with Crippen LogP contribution in [-0.2, 0) is 14.6 Å². The standard InChI is InChI=1S/C12H13FO5S/c13-10-4-3-9(12(14)15)5-11(10)19(16,17)7-18-6-8-1-2-8/h3-5,8H,1-2,6-7H2,(H,14,15). The van der Waals surface area contributed by atoms with Crippen LogP contribution in [0.15, 0.2) is 23.1 Å². The zero-order chi connectivity index (χ0) is 14.0. The molecule has 0 spiro atoms. The molecule has 0 amide bonds. The van der Waals surface area contributed by atoms with E-state index in [1.54, 1.807) is 0 Å². The van der Waals surface area contributed by atoms with Crippen LogP contribution >= 0.6 is 0 Å². The van der Waals surface area contributed by atoms with Crippen molar-refractivity contribution >= 4 is 15.8 Å². The lowest BCUT2D eigenvalue weighted by Gasteiger charge is -2.07. The third-order valence-electron chi connectivity index (χ3n) is 2.80. The smallest absolute Gasteiger partial charge is 0.335 e. The molecule has 1 fully saturated rings. The summed E-state index contributed by atoms with van der Waals surface area (Å²) in [5.74, 6) is -2.52. The first-order chi connectivity index (χ1) is 8.90. The summed E-state index contributed by atoms with van der Waals surface area (Å²) in [6.45, 7) is 0.333. The Hall–Kier alpha value is -1.47. The van der Waals surface area contributed by atoms with Crippen LogP contribution in [0, 0.1) is 11.7 Å². The van der Waals surface area contributed by atoms with Crippen molar-refractivity contribution in [1.29, 1.82) is 0 Å². The SMILES string of the molecule is O=C(O)c1ccc(F)c(S(=O)(=O)COCC2CC2)c1. The first-order valence-corrected chi connectivity index (χ1v) is 7.39. The molecule has 7 heteroatoms. The monoisotopic (exact) mass is 288 g/mol. The van der Waals surface area contributed by atoms with Crippen molar-refractivity contribution in [2.24, 2.45) is 5.92 Å². The van der Waals surface area contributed by atoms with Crippen molar-refractivity contribution in [3.05, 3.63) is 29.6 Å². The van der Waals surface area contributed by atoms with Gasteiger partial charge in [-0.2, -0.15) is 0 Å². The second kappa shape index (κ2) is 5.26. The van der Waals surface area contributed by atoms with Gasteiger partial charge in [0.2, 0.25) is 9.84 Å². The number of carbonyl (C=O) groups is 1. The highest BCUT2D eigenvalue weighted by Crippen LogP contribution is 2.29. The van der Waals surface area contributed by atoms with E-state index in [1.165, 1.54) is 0 Å². The lowest BCUT2D eigenvalue weighted by molar-refractivity contribution is 0.0696. The van der Waals surface area contributed by atoms with E-state index in [4.69, 9.17) is 9.84 Å². The van der Waals surface area contributed by atoms with Gasteiger partial charge in [-0.05, 0) is 37.0 Å². The van der Waals surface area contributed by atoms with Gasteiger partial charge in [-0.25, -0.2) is 17.6 Å². The second-order valence-corrected chi connectivity index (χ2v) is 6.40. The zero-order valence-corrected chi connectivity index (χ0v) is 10.8. The molecule has 0 atom stereocenters. The minimum absolute atomic E-state index is 0.276. The molecule has 1 aromatic carbocycles. The van der Waals surface area contributed by atoms with Gasteiger partial charge >= 0.3 is 5.97 Å². The molecular weight excluding hydrogens is 275 g/mol. The normalized spacial score (nSPS) is 15.4. The van der Waals surface area contributed by atoms with Crippen molar-refractivity contribution in [3.8, 4) is 0 Å². The van der Waals surface area contributed by atoms with E-state index >= 15 is 0 Å². The van der Waals surface area contributed by atoms with Crippen LogP contribution in [0.25, 0.3) is 0 Å². The number of carboxylic acids is 1. The Morgan fingerprint density at radius 2 is 2.11 bits per heavy atom. The van der Waals surface area contributed by atoms with Crippen LogP contribution in [0.1, 0.15) is 23.2 Å². The molecule has 0 aromatic heterocycles. The highest BCUT2D eigenvalue weighted by atomic mass is 32.2. The molecule has 0 radical (unpaired) electrons. The molecule has 1 aromatic rings. The number of rotatable bonds is 6. The minimum atomic E-state index is -3.98. The fraction of sp³-hybridized carbons (Fsp3) is 0.417. The molecular formula is C12H13FO5S. The number of benzene rings is 1. The van der Waals surface area contributed by atoms with E-state index in [0.29, 0.717) is 12.5 Å². The average molecular weight is 288 g/mol. The molecule has 1 aliphatic rings. The van der Waals surface area contributed by atoms with E-state index in [-0.39, 0.29) is 5.56 Å². The van der Waals surface area contributed by atoms with E-state index in [1.807, 2.05) is 0 Å². The van der Waals surface area contributed by atoms with Crippen molar-refractivity contribution < 1.29 is 27.4 Å². The van der Waals surface area contributed by atoms with Gasteiger partial charge in [-0.3, -0.25) is 0 Å². The van der Waals surface area contributed by atoms with Gasteiger partial charge in [-0.15, -0.1) is 0 Å².